The number of aryl methyl sites for hydroxylation is 1. The Morgan fingerprint density at radius 1 is 1.16 bits per heavy atom. The molecule has 0 aliphatic carbocycles. The zero-order valence-electron chi connectivity index (χ0n) is 10.6. The van der Waals surface area contributed by atoms with E-state index in [2.05, 4.69) is 21.2 Å². The lowest BCUT2D eigenvalue weighted by Gasteiger charge is -2.09. The van der Waals surface area contributed by atoms with Gasteiger partial charge >= 0.3 is 0 Å². The van der Waals surface area contributed by atoms with Gasteiger partial charge in [-0.15, -0.1) is 0 Å². The van der Waals surface area contributed by atoms with Gasteiger partial charge in [-0.2, -0.15) is 0 Å². The summed E-state index contributed by atoms with van der Waals surface area (Å²) in [7, 11) is 0. The summed E-state index contributed by atoms with van der Waals surface area (Å²) in [6, 6.07) is 13.6. The molecule has 0 saturated carbocycles. The molecule has 0 amide bonds. The van der Waals surface area contributed by atoms with Gasteiger partial charge in [0.2, 0.25) is 0 Å². The van der Waals surface area contributed by atoms with Gasteiger partial charge in [0, 0.05) is 21.7 Å². The minimum absolute atomic E-state index is 0.615. The summed E-state index contributed by atoms with van der Waals surface area (Å²) in [6.45, 7) is 3.41. The molecular formula is C15H15BrClNO. The summed E-state index contributed by atoms with van der Waals surface area (Å²) in [5.41, 5.74) is 2.21. The molecule has 0 heterocycles. The predicted octanol–water partition coefficient (Wildman–Crippen LogP) is 4.90. The number of benzene rings is 2. The lowest BCUT2D eigenvalue weighted by atomic mass is 10.2. The number of ether oxygens (including phenoxy) is 1. The van der Waals surface area contributed by atoms with Crippen LogP contribution in [0, 0.1) is 6.92 Å². The highest BCUT2D eigenvalue weighted by molar-refractivity contribution is 9.10. The molecule has 0 unspecified atom stereocenters. The van der Waals surface area contributed by atoms with Crippen LogP contribution in [0.4, 0.5) is 5.69 Å². The molecule has 0 saturated heterocycles. The van der Waals surface area contributed by atoms with Gasteiger partial charge < -0.3 is 10.1 Å². The maximum absolute atomic E-state index is 5.82. The molecule has 0 radical (unpaired) electrons. The monoisotopic (exact) mass is 339 g/mol. The molecule has 4 heteroatoms. The lowest BCUT2D eigenvalue weighted by molar-refractivity contribution is 0.332. The first-order valence-electron chi connectivity index (χ1n) is 6.03. The Morgan fingerprint density at radius 2 is 1.89 bits per heavy atom. The first-order valence-corrected chi connectivity index (χ1v) is 7.20. The maximum atomic E-state index is 5.82. The molecular weight excluding hydrogens is 326 g/mol. The summed E-state index contributed by atoms with van der Waals surface area (Å²) in [6.07, 6.45) is 0. The standard InChI is InChI=1S/C15H15BrClNO/c1-11-10-14(6-7-15(11)16)19-9-8-18-13-4-2-12(17)3-5-13/h2-7,10,18H,8-9H2,1H3. The largest absolute Gasteiger partial charge is 0.492 e. The van der Waals surface area contributed by atoms with E-state index in [9.17, 15) is 0 Å². The number of hydrogen-bond donors (Lipinski definition) is 1. The average molecular weight is 341 g/mol. The summed E-state index contributed by atoms with van der Waals surface area (Å²) < 4.78 is 6.77. The van der Waals surface area contributed by atoms with Crippen molar-refractivity contribution in [3.8, 4) is 5.75 Å². The van der Waals surface area contributed by atoms with Gasteiger partial charge in [-0.05, 0) is 55.0 Å². The third kappa shape index (κ3) is 4.44. The van der Waals surface area contributed by atoms with Gasteiger partial charge in [-0.1, -0.05) is 27.5 Å². The molecule has 2 aromatic carbocycles. The summed E-state index contributed by atoms with van der Waals surface area (Å²) in [5, 5.41) is 4.02. The molecule has 100 valence electrons. The molecule has 2 nitrogen and oxygen atoms in total. The molecule has 0 atom stereocenters. The topological polar surface area (TPSA) is 21.3 Å². The minimum Gasteiger partial charge on any atom is -0.492 e. The van der Waals surface area contributed by atoms with E-state index in [4.69, 9.17) is 16.3 Å². The molecule has 0 bridgehead atoms. The van der Waals surface area contributed by atoms with E-state index in [0.29, 0.717) is 6.61 Å². The molecule has 0 aromatic heterocycles. The Morgan fingerprint density at radius 3 is 2.58 bits per heavy atom. The first kappa shape index (κ1) is 14.2. The third-order valence-corrected chi connectivity index (χ3v) is 3.82. The van der Waals surface area contributed by atoms with E-state index in [1.54, 1.807) is 0 Å². The van der Waals surface area contributed by atoms with E-state index in [1.165, 1.54) is 5.56 Å². The molecule has 19 heavy (non-hydrogen) atoms. The van der Waals surface area contributed by atoms with Crippen LogP contribution in [-0.4, -0.2) is 13.2 Å². The second kappa shape index (κ2) is 6.83. The smallest absolute Gasteiger partial charge is 0.119 e. The van der Waals surface area contributed by atoms with Crippen molar-refractivity contribution in [1.82, 2.24) is 0 Å². The van der Waals surface area contributed by atoms with Crippen LogP contribution in [0.1, 0.15) is 5.56 Å². The summed E-state index contributed by atoms with van der Waals surface area (Å²) >= 11 is 9.29. The Labute approximate surface area is 126 Å². The highest BCUT2D eigenvalue weighted by Gasteiger charge is 1.98. The van der Waals surface area contributed by atoms with Crippen LogP contribution >= 0.6 is 27.5 Å². The third-order valence-electron chi connectivity index (χ3n) is 2.67. The number of hydrogen-bond acceptors (Lipinski definition) is 2. The van der Waals surface area contributed by atoms with Crippen LogP contribution in [0.5, 0.6) is 5.75 Å². The molecule has 2 aromatic rings. The fraction of sp³-hybridized carbons (Fsp3) is 0.200. The summed E-state index contributed by atoms with van der Waals surface area (Å²) in [4.78, 5) is 0. The second-order valence-corrected chi connectivity index (χ2v) is 5.48. The van der Waals surface area contributed by atoms with Crippen molar-refractivity contribution in [1.29, 1.82) is 0 Å². The molecule has 1 N–H and O–H groups in total. The summed E-state index contributed by atoms with van der Waals surface area (Å²) in [5.74, 6) is 0.888. The highest BCUT2D eigenvalue weighted by atomic mass is 79.9. The van der Waals surface area contributed by atoms with Crippen LogP contribution in [0.3, 0.4) is 0 Å². The van der Waals surface area contributed by atoms with Crippen molar-refractivity contribution >= 4 is 33.2 Å². The van der Waals surface area contributed by atoms with Crippen molar-refractivity contribution in [3.63, 3.8) is 0 Å². The lowest BCUT2D eigenvalue weighted by Crippen LogP contribution is -2.11. The fourth-order valence-electron chi connectivity index (χ4n) is 1.64. The van der Waals surface area contributed by atoms with Crippen LogP contribution in [0.25, 0.3) is 0 Å². The van der Waals surface area contributed by atoms with Gasteiger partial charge in [-0.25, -0.2) is 0 Å². The molecule has 0 aliphatic rings. The Kier molecular flexibility index (Phi) is 5.11. The van der Waals surface area contributed by atoms with Crippen molar-refractivity contribution in [2.45, 2.75) is 6.92 Å². The first-order chi connectivity index (χ1) is 9.15. The Hall–Kier alpha value is -1.19. The van der Waals surface area contributed by atoms with E-state index >= 15 is 0 Å². The van der Waals surface area contributed by atoms with Crippen LogP contribution in [-0.2, 0) is 0 Å². The van der Waals surface area contributed by atoms with E-state index in [-0.39, 0.29) is 0 Å². The highest BCUT2D eigenvalue weighted by Crippen LogP contribution is 2.21. The number of halogens is 2. The number of nitrogens with one attached hydrogen (secondary N) is 1. The van der Waals surface area contributed by atoms with Crippen LogP contribution in [0.2, 0.25) is 5.02 Å². The molecule has 0 spiro atoms. The van der Waals surface area contributed by atoms with Gasteiger partial charge in [0.1, 0.15) is 12.4 Å². The van der Waals surface area contributed by atoms with E-state index < -0.39 is 0 Å². The number of anilines is 1. The predicted molar refractivity (Wildman–Crippen MR) is 84.3 cm³/mol. The van der Waals surface area contributed by atoms with Crippen molar-refractivity contribution in [3.05, 3.63) is 57.5 Å². The maximum Gasteiger partial charge on any atom is 0.119 e. The SMILES string of the molecule is Cc1cc(OCCNc2ccc(Cl)cc2)ccc1Br. The van der Waals surface area contributed by atoms with Gasteiger partial charge in [0.15, 0.2) is 0 Å². The normalized spacial score (nSPS) is 10.3. The Balaban J connectivity index is 1.77. The van der Waals surface area contributed by atoms with Crippen molar-refractivity contribution in [2.24, 2.45) is 0 Å². The van der Waals surface area contributed by atoms with Crippen molar-refractivity contribution in [2.75, 3.05) is 18.5 Å². The molecule has 0 aliphatic heterocycles. The average Bonchev–Trinajstić information content (AvgIpc) is 2.41. The number of rotatable bonds is 5. The Bertz CT molecular complexity index is 542. The van der Waals surface area contributed by atoms with Gasteiger partial charge in [-0.3, -0.25) is 0 Å². The van der Waals surface area contributed by atoms with Gasteiger partial charge in [0.25, 0.3) is 0 Å². The molecule has 2 rings (SSSR count). The minimum atomic E-state index is 0.615. The zero-order valence-corrected chi connectivity index (χ0v) is 13.0. The fourth-order valence-corrected chi connectivity index (χ4v) is 2.01. The molecule has 0 fully saturated rings. The van der Waals surface area contributed by atoms with E-state index in [1.807, 2.05) is 49.4 Å². The zero-order chi connectivity index (χ0) is 13.7. The quantitative estimate of drug-likeness (QED) is 0.782. The van der Waals surface area contributed by atoms with E-state index in [0.717, 1.165) is 27.5 Å². The van der Waals surface area contributed by atoms with Crippen LogP contribution < -0.4 is 10.1 Å². The van der Waals surface area contributed by atoms with Crippen molar-refractivity contribution < 1.29 is 4.74 Å². The second-order valence-electron chi connectivity index (χ2n) is 4.19. The van der Waals surface area contributed by atoms with Crippen LogP contribution in [0.15, 0.2) is 46.9 Å². The van der Waals surface area contributed by atoms with Gasteiger partial charge in [0.05, 0.1) is 0 Å².